The number of aliphatic hydroxyl groups is 1. The molecule has 0 unspecified atom stereocenters. The van der Waals surface area contributed by atoms with Crippen LogP contribution in [0.2, 0.25) is 0 Å². The molecule has 1 aromatic carbocycles. The Hall–Kier alpha value is -1.34. The van der Waals surface area contributed by atoms with E-state index in [-0.39, 0.29) is 37.7 Å². The minimum absolute atomic E-state index is 0.137. The Labute approximate surface area is 145 Å². The molecule has 0 aliphatic carbocycles. The van der Waals surface area contributed by atoms with Gasteiger partial charge in [0.15, 0.2) is 0 Å². The molecule has 25 heavy (non-hydrogen) atoms. The molecule has 1 aromatic rings. The van der Waals surface area contributed by atoms with E-state index in [9.17, 15) is 18.3 Å². The predicted molar refractivity (Wildman–Crippen MR) is 88.4 cm³/mol. The summed E-state index contributed by atoms with van der Waals surface area (Å²) in [6, 6.07) is 5.49. The molecule has 140 valence electrons. The Morgan fingerprint density at radius 1 is 1.04 bits per heavy atom. The van der Waals surface area contributed by atoms with Crippen LogP contribution < -0.4 is 4.90 Å². The smallest absolute Gasteiger partial charge is 0.393 e. The molecule has 1 N–H and O–H groups in total. The first kappa shape index (κ1) is 18.5. The van der Waals surface area contributed by atoms with E-state index in [0.717, 1.165) is 6.07 Å². The van der Waals surface area contributed by atoms with Crippen LogP contribution in [0.25, 0.3) is 0 Å². The highest BCUT2D eigenvalue weighted by Crippen LogP contribution is 2.39. The third-order valence-electron chi connectivity index (χ3n) is 5.27. The summed E-state index contributed by atoms with van der Waals surface area (Å²) in [6.07, 6.45) is -2.96. The van der Waals surface area contributed by atoms with Gasteiger partial charge in [0.25, 0.3) is 0 Å². The molecule has 2 aliphatic rings. The molecule has 0 atom stereocenters. The van der Waals surface area contributed by atoms with Crippen molar-refractivity contribution >= 4 is 5.69 Å². The summed E-state index contributed by atoms with van der Waals surface area (Å²) in [5, 5.41) is 9.53. The van der Waals surface area contributed by atoms with Crippen LogP contribution in [-0.2, 0) is 6.18 Å². The average Bonchev–Trinajstić information content (AvgIpc) is 2.57. The van der Waals surface area contributed by atoms with Crippen LogP contribution in [0.5, 0.6) is 0 Å². The second-order valence-corrected chi connectivity index (χ2v) is 7.16. The van der Waals surface area contributed by atoms with E-state index in [4.69, 9.17) is 0 Å². The van der Waals surface area contributed by atoms with Crippen LogP contribution in [-0.4, -0.2) is 54.5 Å². The SMILES string of the molecule is OC1CCN(CC2(F)CCN(c3ccccc3C(F)(F)F)CC2)CC1. The van der Waals surface area contributed by atoms with E-state index in [1.54, 1.807) is 11.0 Å². The number of likely N-dealkylation sites (tertiary alicyclic amines) is 1. The molecule has 2 fully saturated rings. The maximum Gasteiger partial charge on any atom is 0.418 e. The molecule has 3 rings (SSSR count). The van der Waals surface area contributed by atoms with Gasteiger partial charge in [0, 0.05) is 51.3 Å². The molecule has 0 radical (unpaired) electrons. The van der Waals surface area contributed by atoms with Gasteiger partial charge in [-0.25, -0.2) is 4.39 Å². The van der Waals surface area contributed by atoms with Gasteiger partial charge in [-0.2, -0.15) is 13.2 Å². The quantitative estimate of drug-likeness (QED) is 0.837. The van der Waals surface area contributed by atoms with Crippen molar-refractivity contribution in [1.29, 1.82) is 0 Å². The van der Waals surface area contributed by atoms with Crippen molar-refractivity contribution in [3.8, 4) is 0 Å². The minimum Gasteiger partial charge on any atom is -0.393 e. The lowest BCUT2D eigenvalue weighted by Crippen LogP contribution is -2.50. The molecule has 0 amide bonds. The van der Waals surface area contributed by atoms with Gasteiger partial charge < -0.3 is 10.0 Å². The van der Waals surface area contributed by atoms with Gasteiger partial charge in [0.2, 0.25) is 0 Å². The number of halogens is 4. The van der Waals surface area contributed by atoms with Crippen LogP contribution in [0.4, 0.5) is 23.2 Å². The molecule has 2 aliphatic heterocycles. The normalized spacial score (nSPS) is 23.0. The van der Waals surface area contributed by atoms with Crippen molar-refractivity contribution in [3.05, 3.63) is 29.8 Å². The molecule has 7 heteroatoms. The summed E-state index contributed by atoms with van der Waals surface area (Å²) in [5.41, 5.74) is -1.89. The largest absolute Gasteiger partial charge is 0.418 e. The van der Waals surface area contributed by atoms with Crippen LogP contribution in [0, 0.1) is 0 Å². The number of rotatable bonds is 3. The lowest BCUT2D eigenvalue weighted by Gasteiger charge is -2.41. The van der Waals surface area contributed by atoms with Crippen LogP contribution in [0.15, 0.2) is 24.3 Å². The van der Waals surface area contributed by atoms with E-state index in [1.807, 2.05) is 4.90 Å². The standard InChI is InChI=1S/C18H24F4N2O/c19-17(13-23-9-5-14(25)6-10-23)7-11-24(12-8-17)16-4-2-1-3-15(16)18(20,21)22/h1-4,14,25H,5-13H2. The van der Waals surface area contributed by atoms with Crippen LogP contribution >= 0.6 is 0 Å². The Kier molecular flexibility index (Phi) is 5.25. The fourth-order valence-corrected chi connectivity index (χ4v) is 3.77. The molecular weight excluding hydrogens is 336 g/mol. The number of hydrogen-bond donors (Lipinski definition) is 1. The molecule has 3 nitrogen and oxygen atoms in total. The molecule has 0 spiro atoms. The summed E-state index contributed by atoms with van der Waals surface area (Å²) in [5.74, 6) is 0. The maximum atomic E-state index is 15.1. The molecule has 0 bridgehead atoms. The van der Waals surface area contributed by atoms with Crippen molar-refractivity contribution < 1.29 is 22.7 Å². The monoisotopic (exact) mass is 360 g/mol. The predicted octanol–water partition coefficient (Wildman–Crippen LogP) is 3.47. The number of benzene rings is 1. The summed E-state index contributed by atoms with van der Waals surface area (Å²) >= 11 is 0. The Balaban J connectivity index is 1.62. The first-order valence-corrected chi connectivity index (χ1v) is 8.77. The van der Waals surface area contributed by atoms with Crippen molar-refractivity contribution in [2.75, 3.05) is 37.6 Å². The number of aliphatic hydroxyl groups excluding tert-OH is 1. The topological polar surface area (TPSA) is 26.7 Å². The molecule has 0 saturated carbocycles. The van der Waals surface area contributed by atoms with Gasteiger partial charge in [0.05, 0.1) is 11.7 Å². The third-order valence-corrected chi connectivity index (χ3v) is 5.27. The van der Waals surface area contributed by atoms with Crippen molar-refractivity contribution in [2.45, 2.75) is 43.6 Å². The van der Waals surface area contributed by atoms with E-state index in [1.165, 1.54) is 12.1 Å². The van der Waals surface area contributed by atoms with E-state index >= 15 is 4.39 Å². The van der Waals surface area contributed by atoms with Crippen molar-refractivity contribution in [3.63, 3.8) is 0 Å². The highest BCUT2D eigenvalue weighted by Gasteiger charge is 2.40. The fourth-order valence-electron chi connectivity index (χ4n) is 3.77. The lowest BCUT2D eigenvalue weighted by atomic mass is 9.91. The van der Waals surface area contributed by atoms with Crippen molar-refractivity contribution in [1.82, 2.24) is 4.90 Å². The Bertz CT molecular complexity index is 577. The summed E-state index contributed by atoms with van der Waals surface area (Å²) in [4.78, 5) is 3.66. The summed E-state index contributed by atoms with van der Waals surface area (Å²) < 4.78 is 54.6. The zero-order valence-corrected chi connectivity index (χ0v) is 14.1. The Morgan fingerprint density at radius 2 is 1.64 bits per heavy atom. The third kappa shape index (κ3) is 4.44. The highest BCUT2D eigenvalue weighted by molar-refractivity contribution is 5.55. The van der Waals surface area contributed by atoms with Gasteiger partial charge in [-0.3, -0.25) is 4.90 Å². The number of hydrogen-bond acceptors (Lipinski definition) is 3. The lowest BCUT2D eigenvalue weighted by molar-refractivity contribution is -0.137. The number of anilines is 1. The van der Waals surface area contributed by atoms with Gasteiger partial charge in [0.1, 0.15) is 5.67 Å². The summed E-state index contributed by atoms with van der Waals surface area (Å²) in [7, 11) is 0. The van der Waals surface area contributed by atoms with Gasteiger partial charge in [-0.05, 0) is 25.0 Å². The molecule has 2 heterocycles. The fraction of sp³-hybridized carbons (Fsp3) is 0.667. The van der Waals surface area contributed by atoms with Crippen LogP contribution in [0.1, 0.15) is 31.2 Å². The van der Waals surface area contributed by atoms with Gasteiger partial charge in [-0.15, -0.1) is 0 Å². The molecular formula is C18H24F4N2O. The number of para-hydroxylation sites is 1. The zero-order chi connectivity index (χ0) is 18.1. The first-order chi connectivity index (χ1) is 11.8. The molecule has 0 aromatic heterocycles. The maximum absolute atomic E-state index is 15.1. The minimum atomic E-state index is -4.41. The van der Waals surface area contributed by atoms with E-state index in [2.05, 4.69) is 0 Å². The van der Waals surface area contributed by atoms with Gasteiger partial charge >= 0.3 is 6.18 Å². The first-order valence-electron chi connectivity index (χ1n) is 8.77. The second-order valence-electron chi connectivity index (χ2n) is 7.16. The second kappa shape index (κ2) is 7.11. The number of piperidine rings is 2. The van der Waals surface area contributed by atoms with E-state index in [0.29, 0.717) is 32.5 Å². The van der Waals surface area contributed by atoms with Crippen molar-refractivity contribution in [2.24, 2.45) is 0 Å². The van der Waals surface area contributed by atoms with Crippen LogP contribution in [0.3, 0.4) is 0 Å². The van der Waals surface area contributed by atoms with Gasteiger partial charge in [-0.1, -0.05) is 12.1 Å². The number of nitrogens with zero attached hydrogens (tertiary/aromatic N) is 2. The average molecular weight is 360 g/mol. The zero-order valence-electron chi connectivity index (χ0n) is 14.1. The molecule has 2 saturated heterocycles. The number of alkyl halides is 4. The Morgan fingerprint density at radius 3 is 2.24 bits per heavy atom. The van der Waals surface area contributed by atoms with E-state index < -0.39 is 17.4 Å². The summed E-state index contributed by atoms with van der Waals surface area (Å²) in [6.45, 7) is 2.20. The highest BCUT2D eigenvalue weighted by atomic mass is 19.4.